The van der Waals surface area contributed by atoms with E-state index in [2.05, 4.69) is 44.2 Å². The van der Waals surface area contributed by atoms with Gasteiger partial charge in [0.25, 0.3) is 0 Å². The van der Waals surface area contributed by atoms with Crippen LogP contribution >= 0.6 is 11.3 Å². The molecule has 0 spiro atoms. The Morgan fingerprint density at radius 2 is 1.65 bits per heavy atom. The Labute approximate surface area is 203 Å². The Kier molecular flexibility index (Phi) is 6.07. The summed E-state index contributed by atoms with van der Waals surface area (Å²) in [7, 11) is -1.52. The van der Waals surface area contributed by atoms with E-state index in [1.165, 1.54) is 16.9 Å². The molecule has 176 valence electrons. The van der Waals surface area contributed by atoms with Gasteiger partial charge in [-0.05, 0) is 39.1 Å². The monoisotopic (exact) mass is 494 g/mol. The average molecular weight is 495 g/mol. The van der Waals surface area contributed by atoms with Gasteiger partial charge in [-0.2, -0.15) is 4.31 Å². The molecule has 1 aliphatic rings. The summed E-state index contributed by atoms with van der Waals surface area (Å²) in [5.41, 5.74) is 3.78. The molecule has 0 amide bonds. The Morgan fingerprint density at radius 1 is 0.912 bits per heavy atom. The van der Waals surface area contributed by atoms with Crippen molar-refractivity contribution in [3.8, 4) is 11.3 Å². The summed E-state index contributed by atoms with van der Waals surface area (Å²) in [5.74, 6) is 1.30. The fourth-order valence-electron chi connectivity index (χ4n) is 3.91. The Bertz CT molecular complexity index is 1440. The number of sulfonamides is 1. The molecule has 1 fully saturated rings. The SMILES string of the molecule is Cc1ccc(-c2cc(Nc3nc4ccc(S(=O)(=O)N5CCN(C)CC5)cc4s3)nc(C)n2)cc1. The number of aryl methyl sites for hydroxylation is 2. The van der Waals surface area contributed by atoms with E-state index in [4.69, 9.17) is 0 Å². The number of benzene rings is 2. The van der Waals surface area contributed by atoms with Crippen molar-refractivity contribution in [3.63, 3.8) is 0 Å². The molecule has 0 radical (unpaired) electrons. The summed E-state index contributed by atoms with van der Waals surface area (Å²) >= 11 is 1.41. The Balaban J connectivity index is 1.41. The zero-order chi connectivity index (χ0) is 23.9. The number of anilines is 2. The smallest absolute Gasteiger partial charge is 0.243 e. The number of thiazole rings is 1. The molecule has 4 aromatic rings. The highest BCUT2D eigenvalue weighted by Crippen LogP contribution is 2.31. The van der Waals surface area contributed by atoms with Crippen molar-refractivity contribution in [1.29, 1.82) is 0 Å². The van der Waals surface area contributed by atoms with Crippen LogP contribution in [0.15, 0.2) is 53.4 Å². The second-order valence-electron chi connectivity index (χ2n) is 8.53. The van der Waals surface area contributed by atoms with Crippen molar-refractivity contribution in [2.24, 2.45) is 0 Å². The summed E-state index contributed by atoms with van der Waals surface area (Å²) in [5, 5.41) is 3.92. The highest BCUT2D eigenvalue weighted by Gasteiger charge is 2.27. The van der Waals surface area contributed by atoms with Crippen LogP contribution in [0.25, 0.3) is 21.5 Å². The molecular weight excluding hydrogens is 468 g/mol. The number of hydrogen-bond acceptors (Lipinski definition) is 8. The minimum absolute atomic E-state index is 0.305. The van der Waals surface area contributed by atoms with Crippen LogP contribution in [0, 0.1) is 13.8 Å². The molecule has 34 heavy (non-hydrogen) atoms. The fraction of sp³-hybridized carbons (Fsp3) is 0.292. The molecule has 0 saturated carbocycles. The predicted molar refractivity (Wildman–Crippen MR) is 136 cm³/mol. The van der Waals surface area contributed by atoms with Gasteiger partial charge in [0, 0.05) is 37.8 Å². The van der Waals surface area contributed by atoms with Gasteiger partial charge in [0.05, 0.1) is 20.8 Å². The highest BCUT2D eigenvalue weighted by atomic mass is 32.2. The van der Waals surface area contributed by atoms with Crippen LogP contribution in [0.4, 0.5) is 10.9 Å². The number of fused-ring (bicyclic) bond motifs is 1. The lowest BCUT2D eigenvalue weighted by Gasteiger charge is -2.31. The second kappa shape index (κ2) is 9.03. The zero-order valence-electron chi connectivity index (χ0n) is 19.3. The van der Waals surface area contributed by atoms with Gasteiger partial charge in [0.15, 0.2) is 5.13 Å². The van der Waals surface area contributed by atoms with Crippen LogP contribution in [0.2, 0.25) is 0 Å². The molecule has 5 rings (SSSR count). The molecule has 0 aliphatic carbocycles. The molecule has 3 heterocycles. The number of aromatic nitrogens is 3. The van der Waals surface area contributed by atoms with Crippen molar-refractivity contribution >= 4 is 42.5 Å². The minimum Gasteiger partial charge on any atom is -0.316 e. The summed E-state index contributed by atoms with van der Waals surface area (Å²) in [6, 6.07) is 15.2. The van der Waals surface area contributed by atoms with E-state index in [1.54, 1.807) is 22.5 Å². The number of piperazine rings is 1. The van der Waals surface area contributed by atoms with Crippen LogP contribution in [0.1, 0.15) is 11.4 Å². The van der Waals surface area contributed by atoms with Crippen molar-refractivity contribution in [2.45, 2.75) is 18.7 Å². The lowest BCUT2D eigenvalue weighted by molar-refractivity contribution is 0.222. The van der Waals surface area contributed by atoms with Crippen molar-refractivity contribution in [1.82, 2.24) is 24.2 Å². The zero-order valence-corrected chi connectivity index (χ0v) is 20.9. The molecular formula is C24H26N6O2S2. The van der Waals surface area contributed by atoms with E-state index >= 15 is 0 Å². The first-order valence-corrected chi connectivity index (χ1v) is 13.3. The summed E-state index contributed by atoms with van der Waals surface area (Å²) < 4.78 is 28.6. The van der Waals surface area contributed by atoms with Crippen LogP contribution in [0.3, 0.4) is 0 Å². The third-order valence-electron chi connectivity index (χ3n) is 5.88. The molecule has 1 aliphatic heterocycles. The van der Waals surface area contributed by atoms with Crippen molar-refractivity contribution in [2.75, 3.05) is 38.5 Å². The Morgan fingerprint density at radius 3 is 2.38 bits per heavy atom. The van der Waals surface area contributed by atoms with Gasteiger partial charge in [0.1, 0.15) is 11.6 Å². The van der Waals surface area contributed by atoms with Crippen molar-refractivity contribution < 1.29 is 8.42 Å². The molecule has 1 N–H and O–H groups in total. The predicted octanol–water partition coefficient (Wildman–Crippen LogP) is 4.05. The molecule has 8 nitrogen and oxygen atoms in total. The maximum absolute atomic E-state index is 13.1. The van der Waals surface area contributed by atoms with Gasteiger partial charge in [-0.25, -0.2) is 23.4 Å². The van der Waals surface area contributed by atoms with Gasteiger partial charge >= 0.3 is 0 Å². The number of nitrogens with zero attached hydrogens (tertiary/aromatic N) is 5. The van der Waals surface area contributed by atoms with E-state index in [-0.39, 0.29) is 0 Å². The van der Waals surface area contributed by atoms with E-state index in [0.717, 1.165) is 34.6 Å². The first-order chi connectivity index (χ1) is 16.3. The maximum Gasteiger partial charge on any atom is 0.243 e. The maximum atomic E-state index is 13.1. The van der Waals surface area contributed by atoms with E-state index in [1.807, 2.05) is 32.2 Å². The number of nitrogens with one attached hydrogen (secondary N) is 1. The molecule has 0 unspecified atom stereocenters. The normalized spacial score (nSPS) is 15.6. The third-order valence-corrected chi connectivity index (χ3v) is 8.71. The molecule has 2 aromatic heterocycles. The second-order valence-corrected chi connectivity index (χ2v) is 11.5. The van der Waals surface area contributed by atoms with Crippen LogP contribution < -0.4 is 5.32 Å². The van der Waals surface area contributed by atoms with Gasteiger partial charge in [-0.3, -0.25) is 0 Å². The van der Waals surface area contributed by atoms with Crippen LogP contribution in [-0.2, 0) is 10.0 Å². The summed E-state index contributed by atoms with van der Waals surface area (Å²) in [6.45, 7) is 6.39. The van der Waals surface area contributed by atoms with Crippen LogP contribution in [0.5, 0.6) is 0 Å². The lowest BCUT2D eigenvalue weighted by Crippen LogP contribution is -2.46. The number of rotatable bonds is 5. The lowest BCUT2D eigenvalue weighted by atomic mass is 10.1. The average Bonchev–Trinajstić information content (AvgIpc) is 3.21. The van der Waals surface area contributed by atoms with E-state index < -0.39 is 10.0 Å². The molecule has 0 atom stereocenters. The van der Waals surface area contributed by atoms with Gasteiger partial charge in [0.2, 0.25) is 10.0 Å². The van der Waals surface area contributed by atoms with Gasteiger partial charge < -0.3 is 10.2 Å². The Hall–Kier alpha value is -2.92. The quantitative estimate of drug-likeness (QED) is 0.448. The van der Waals surface area contributed by atoms with Crippen molar-refractivity contribution in [3.05, 3.63) is 59.9 Å². The standard InChI is InChI=1S/C24H26N6O2S2/c1-16-4-6-18(7-5-16)21-15-23(26-17(2)25-21)28-24-27-20-9-8-19(14-22(20)33-24)34(31,32)30-12-10-29(3)11-13-30/h4-9,14-15H,10-13H2,1-3H3,(H,25,26,27,28). The molecule has 2 aromatic carbocycles. The summed E-state index contributed by atoms with van der Waals surface area (Å²) in [6.07, 6.45) is 0. The van der Waals surface area contributed by atoms with E-state index in [9.17, 15) is 8.42 Å². The molecule has 1 saturated heterocycles. The number of likely N-dealkylation sites (N-methyl/N-ethyl adjacent to an activating group) is 1. The summed E-state index contributed by atoms with van der Waals surface area (Å²) in [4.78, 5) is 16.1. The van der Waals surface area contributed by atoms with Crippen LogP contribution in [-0.4, -0.2) is 65.8 Å². The fourth-order valence-corrected chi connectivity index (χ4v) is 6.35. The van der Waals surface area contributed by atoms with Gasteiger partial charge in [-0.15, -0.1) is 0 Å². The molecule has 0 bridgehead atoms. The first-order valence-electron chi connectivity index (χ1n) is 11.1. The minimum atomic E-state index is -3.53. The van der Waals surface area contributed by atoms with Gasteiger partial charge in [-0.1, -0.05) is 41.2 Å². The topological polar surface area (TPSA) is 91.3 Å². The molecule has 10 heteroatoms. The van der Waals surface area contributed by atoms with E-state index in [0.29, 0.717) is 34.8 Å². The highest BCUT2D eigenvalue weighted by molar-refractivity contribution is 7.89. The number of hydrogen-bond donors (Lipinski definition) is 1. The first kappa shape index (κ1) is 22.9. The third kappa shape index (κ3) is 4.67. The largest absolute Gasteiger partial charge is 0.316 e.